The molecule has 0 fully saturated rings. The van der Waals surface area contributed by atoms with Crippen molar-refractivity contribution in [2.24, 2.45) is 0 Å². The van der Waals surface area contributed by atoms with E-state index in [-0.39, 0.29) is 11.7 Å². The third-order valence-corrected chi connectivity index (χ3v) is 5.29. The van der Waals surface area contributed by atoms with E-state index >= 15 is 0 Å². The van der Waals surface area contributed by atoms with Crippen LogP contribution in [0, 0.1) is 5.82 Å². The van der Waals surface area contributed by atoms with Crippen LogP contribution >= 0.6 is 0 Å². The predicted molar refractivity (Wildman–Crippen MR) is 122 cm³/mol. The Kier molecular flexibility index (Phi) is 5.98. The maximum Gasteiger partial charge on any atom is 0.220 e. The largest absolute Gasteiger partial charge is 0.363 e. The first-order valence-electron chi connectivity index (χ1n) is 10.3. The molecule has 0 aliphatic rings. The van der Waals surface area contributed by atoms with Crippen LogP contribution in [0.3, 0.4) is 0 Å². The summed E-state index contributed by atoms with van der Waals surface area (Å²) in [5, 5.41) is 3.77. The topological polar surface area (TPSA) is 61.0 Å². The summed E-state index contributed by atoms with van der Waals surface area (Å²) in [7, 11) is 3.87. The number of hydrogen-bond donors (Lipinski definition) is 2. The number of nitrogens with one attached hydrogen (secondary N) is 2. The van der Waals surface area contributed by atoms with Crippen LogP contribution < -0.4 is 10.2 Å². The molecule has 0 spiro atoms. The lowest BCUT2D eigenvalue weighted by Gasteiger charge is -2.11. The summed E-state index contributed by atoms with van der Waals surface area (Å²) in [5.41, 5.74) is 4.70. The smallest absolute Gasteiger partial charge is 0.220 e. The van der Waals surface area contributed by atoms with Gasteiger partial charge in [-0.25, -0.2) is 9.37 Å². The Labute approximate surface area is 180 Å². The van der Waals surface area contributed by atoms with E-state index < -0.39 is 0 Å². The molecule has 2 N–H and O–H groups in total. The fourth-order valence-electron chi connectivity index (χ4n) is 3.64. The first-order valence-corrected chi connectivity index (χ1v) is 10.3. The number of carbonyl (C=O) groups is 1. The first kappa shape index (κ1) is 20.6. The molecule has 2 heterocycles. The van der Waals surface area contributed by atoms with Crippen LogP contribution in [-0.2, 0) is 17.8 Å². The van der Waals surface area contributed by atoms with Gasteiger partial charge in [0.05, 0.1) is 0 Å². The Morgan fingerprint density at radius 3 is 2.61 bits per heavy atom. The van der Waals surface area contributed by atoms with Crippen LogP contribution in [0.25, 0.3) is 22.2 Å². The molecule has 6 heteroatoms. The number of amides is 1. The highest BCUT2D eigenvalue weighted by molar-refractivity contribution is 5.91. The van der Waals surface area contributed by atoms with Crippen LogP contribution in [0.2, 0.25) is 0 Å². The van der Waals surface area contributed by atoms with E-state index in [1.165, 1.54) is 12.1 Å². The van der Waals surface area contributed by atoms with Gasteiger partial charge < -0.3 is 15.2 Å². The number of aryl methyl sites for hydroxylation is 1. The van der Waals surface area contributed by atoms with Crippen molar-refractivity contribution in [3.8, 4) is 11.3 Å². The SMILES string of the molecule is CN(C)c1ccc(CNC(=O)CCc2c(-c3ccccc3)[nH]c3ccc(F)cc23)cn1. The second-order valence-electron chi connectivity index (χ2n) is 7.73. The molecule has 0 saturated heterocycles. The van der Waals surface area contributed by atoms with Crippen molar-refractivity contribution >= 4 is 22.6 Å². The third kappa shape index (κ3) is 4.74. The number of fused-ring (bicyclic) bond motifs is 1. The maximum absolute atomic E-state index is 13.9. The number of aromatic nitrogens is 2. The second-order valence-corrected chi connectivity index (χ2v) is 7.73. The molecule has 0 bridgehead atoms. The highest BCUT2D eigenvalue weighted by atomic mass is 19.1. The summed E-state index contributed by atoms with van der Waals surface area (Å²) in [6.07, 6.45) is 2.59. The molecular formula is C25H25FN4O. The van der Waals surface area contributed by atoms with Crippen molar-refractivity contribution < 1.29 is 9.18 Å². The molecule has 2 aromatic carbocycles. The molecule has 4 aromatic rings. The molecule has 1 amide bonds. The Balaban J connectivity index is 1.48. The summed E-state index contributed by atoms with van der Waals surface area (Å²) < 4.78 is 13.9. The molecule has 31 heavy (non-hydrogen) atoms. The molecule has 158 valence electrons. The molecule has 0 aliphatic heterocycles. The van der Waals surface area contributed by atoms with Crippen LogP contribution in [0.1, 0.15) is 17.5 Å². The molecule has 0 radical (unpaired) electrons. The number of pyridine rings is 1. The number of nitrogens with zero attached hydrogens (tertiary/aromatic N) is 2. The number of rotatable bonds is 7. The monoisotopic (exact) mass is 416 g/mol. The minimum atomic E-state index is -0.287. The normalized spacial score (nSPS) is 10.9. The zero-order valence-electron chi connectivity index (χ0n) is 17.7. The molecule has 5 nitrogen and oxygen atoms in total. The van der Waals surface area contributed by atoms with Crippen LogP contribution in [0.15, 0.2) is 66.9 Å². The Hall–Kier alpha value is -3.67. The highest BCUT2D eigenvalue weighted by Gasteiger charge is 2.15. The zero-order chi connectivity index (χ0) is 21.8. The standard InChI is InChI=1S/C25H25FN4O/c1-30(2)23-12-8-17(15-27-23)16-28-24(31)13-10-20-21-14-19(26)9-11-22(21)29-25(20)18-6-4-3-5-7-18/h3-9,11-12,14-15,29H,10,13,16H2,1-2H3,(H,28,31). The molecule has 4 rings (SSSR count). The summed E-state index contributed by atoms with van der Waals surface area (Å²) in [4.78, 5) is 22.2. The lowest BCUT2D eigenvalue weighted by atomic mass is 10.0. The highest BCUT2D eigenvalue weighted by Crippen LogP contribution is 2.31. The van der Waals surface area contributed by atoms with Gasteiger partial charge in [-0.1, -0.05) is 36.4 Å². The fraction of sp³-hybridized carbons (Fsp3) is 0.200. The van der Waals surface area contributed by atoms with Gasteiger partial charge in [-0.2, -0.15) is 0 Å². The lowest BCUT2D eigenvalue weighted by Crippen LogP contribution is -2.23. The first-order chi connectivity index (χ1) is 15.0. The van der Waals surface area contributed by atoms with Gasteiger partial charge in [0.1, 0.15) is 11.6 Å². The lowest BCUT2D eigenvalue weighted by molar-refractivity contribution is -0.121. The van der Waals surface area contributed by atoms with E-state index in [1.807, 2.05) is 61.5 Å². The van der Waals surface area contributed by atoms with E-state index in [4.69, 9.17) is 0 Å². The van der Waals surface area contributed by atoms with Gasteiger partial charge in [0.15, 0.2) is 0 Å². The summed E-state index contributed by atoms with van der Waals surface area (Å²) in [5.74, 6) is 0.530. The minimum absolute atomic E-state index is 0.0542. The van der Waals surface area contributed by atoms with Gasteiger partial charge in [0, 0.05) is 49.9 Å². The average molecular weight is 416 g/mol. The van der Waals surface area contributed by atoms with Crippen molar-refractivity contribution in [1.82, 2.24) is 15.3 Å². The van der Waals surface area contributed by atoms with Crippen LogP contribution in [0.4, 0.5) is 10.2 Å². The van der Waals surface area contributed by atoms with Crippen molar-refractivity contribution in [1.29, 1.82) is 0 Å². The average Bonchev–Trinajstić information content (AvgIpc) is 3.14. The van der Waals surface area contributed by atoms with E-state index in [1.54, 1.807) is 12.3 Å². The Morgan fingerprint density at radius 1 is 1.10 bits per heavy atom. The Bertz CT molecular complexity index is 1180. The van der Waals surface area contributed by atoms with Crippen molar-refractivity contribution in [3.63, 3.8) is 0 Å². The number of anilines is 1. The van der Waals surface area contributed by atoms with Gasteiger partial charge in [0.2, 0.25) is 5.91 Å². The summed E-state index contributed by atoms with van der Waals surface area (Å²) in [6.45, 7) is 0.424. The van der Waals surface area contributed by atoms with Crippen molar-refractivity contribution in [2.45, 2.75) is 19.4 Å². The number of halogens is 1. The van der Waals surface area contributed by atoms with Crippen LogP contribution in [-0.4, -0.2) is 30.0 Å². The van der Waals surface area contributed by atoms with Gasteiger partial charge in [-0.3, -0.25) is 4.79 Å². The molecule has 0 aliphatic carbocycles. The molecule has 0 unspecified atom stereocenters. The molecule has 0 atom stereocenters. The summed E-state index contributed by atoms with van der Waals surface area (Å²) in [6, 6.07) is 18.5. The molecular weight excluding hydrogens is 391 g/mol. The minimum Gasteiger partial charge on any atom is -0.363 e. The molecule has 2 aromatic heterocycles. The van der Waals surface area contributed by atoms with Crippen molar-refractivity contribution in [3.05, 3.63) is 83.8 Å². The van der Waals surface area contributed by atoms with E-state index in [9.17, 15) is 9.18 Å². The van der Waals surface area contributed by atoms with E-state index in [0.717, 1.165) is 39.1 Å². The second kappa shape index (κ2) is 9.00. The van der Waals surface area contributed by atoms with Gasteiger partial charge in [-0.05, 0) is 47.4 Å². The fourth-order valence-corrected chi connectivity index (χ4v) is 3.64. The van der Waals surface area contributed by atoms with E-state index in [2.05, 4.69) is 15.3 Å². The van der Waals surface area contributed by atoms with Crippen LogP contribution in [0.5, 0.6) is 0 Å². The number of benzene rings is 2. The van der Waals surface area contributed by atoms with Gasteiger partial charge in [0.25, 0.3) is 0 Å². The number of H-pyrrole nitrogens is 1. The van der Waals surface area contributed by atoms with Gasteiger partial charge in [-0.15, -0.1) is 0 Å². The molecule has 0 saturated carbocycles. The summed E-state index contributed by atoms with van der Waals surface area (Å²) >= 11 is 0. The van der Waals surface area contributed by atoms with E-state index in [0.29, 0.717) is 19.4 Å². The Morgan fingerprint density at radius 2 is 1.90 bits per heavy atom. The quantitative estimate of drug-likeness (QED) is 0.460. The third-order valence-electron chi connectivity index (χ3n) is 5.29. The zero-order valence-corrected chi connectivity index (χ0v) is 17.7. The predicted octanol–water partition coefficient (Wildman–Crippen LogP) is 4.68. The van der Waals surface area contributed by atoms with Crippen molar-refractivity contribution in [2.75, 3.05) is 19.0 Å². The number of aromatic amines is 1. The number of carbonyl (C=O) groups excluding carboxylic acids is 1. The maximum atomic E-state index is 13.9. The number of hydrogen-bond acceptors (Lipinski definition) is 3. The van der Waals surface area contributed by atoms with Gasteiger partial charge >= 0.3 is 0 Å².